The highest BCUT2D eigenvalue weighted by Crippen LogP contribution is 2.67. The van der Waals surface area contributed by atoms with Crippen molar-refractivity contribution in [3.05, 3.63) is 0 Å². The molecule has 0 nitrogen and oxygen atoms in total. The summed E-state index contributed by atoms with van der Waals surface area (Å²) in [7, 11) is 13.3. The van der Waals surface area contributed by atoms with E-state index in [9.17, 15) is 0 Å². The Balaban J connectivity index is 1.72. The van der Waals surface area contributed by atoms with Crippen molar-refractivity contribution in [2.75, 3.05) is 23.0 Å². The van der Waals surface area contributed by atoms with Gasteiger partial charge in [0.15, 0.2) is 0 Å². The smallest absolute Gasteiger partial charge is 0.0823 e. The molecule has 4 rings (SSSR count). The summed E-state index contributed by atoms with van der Waals surface area (Å²) in [4.78, 5) is 0. The summed E-state index contributed by atoms with van der Waals surface area (Å²) < 4.78 is 0.539. The topological polar surface area (TPSA) is 0 Å². The lowest BCUT2D eigenvalue weighted by Gasteiger charge is -2.49. The Morgan fingerprint density at radius 2 is 1.19 bits per heavy atom. The third-order valence-corrected chi connectivity index (χ3v) is 15.8. The molecular weight excluding hydrogens is 373 g/mol. The van der Waals surface area contributed by atoms with Crippen molar-refractivity contribution in [1.82, 2.24) is 0 Å². The summed E-state index contributed by atoms with van der Waals surface area (Å²) in [5, 5.41) is 0. The SMILES string of the molecule is CC1CSSC23CC1C1CSSCC(C)C(CSS2)C1C3. The number of hydrogen-bond donors (Lipinski definition) is 0. The van der Waals surface area contributed by atoms with Crippen LogP contribution in [0, 0.1) is 35.5 Å². The second-order valence-electron chi connectivity index (χ2n) is 7.23. The first-order valence-corrected chi connectivity index (χ1v) is 15.2. The van der Waals surface area contributed by atoms with Gasteiger partial charge in [0.1, 0.15) is 0 Å². The maximum Gasteiger partial charge on any atom is 0.0823 e. The van der Waals surface area contributed by atoms with Gasteiger partial charge in [-0.05, 0) is 48.3 Å². The van der Waals surface area contributed by atoms with E-state index in [-0.39, 0.29) is 0 Å². The molecular formula is C15H24S6. The molecule has 1 aliphatic carbocycles. The van der Waals surface area contributed by atoms with Crippen LogP contribution in [0.25, 0.3) is 0 Å². The monoisotopic (exact) mass is 396 g/mol. The Morgan fingerprint density at radius 3 is 2.05 bits per heavy atom. The van der Waals surface area contributed by atoms with E-state index in [0.29, 0.717) is 4.08 Å². The van der Waals surface area contributed by atoms with E-state index in [1.165, 1.54) is 35.9 Å². The Labute approximate surface area is 153 Å². The predicted octanol–water partition coefficient (Wildman–Crippen LogP) is 6.40. The third-order valence-electron chi connectivity index (χ3n) is 5.89. The first kappa shape index (κ1) is 16.6. The van der Waals surface area contributed by atoms with Crippen LogP contribution in [-0.4, -0.2) is 27.1 Å². The van der Waals surface area contributed by atoms with Crippen LogP contribution >= 0.6 is 64.8 Å². The lowest BCUT2D eigenvalue weighted by Crippen LogP contribution is -2.46. The van der Waals surface area contributed by atoms with Gasteiger partial charge in [0.2, 0.25) is 0 Å². The molecule has 3 saturated heterocycles. The molecule has 0 amide bonds. The van der Waals surface area contributed by atoms with Gasteiger partial charge in [-0.2, -0.15) is 0 Å². The minimum Gasteiger partial charge on any atom is -0.0939 e. The average molecular weight is 397 g/mol. The van der Waals surface area contributed by atoms with Crippen LogP contribution in [-0.2, 0) is 0 Å². The van der Waals surface area contributed by atoms with Crippen LogP contribution < -0.4 is 0 Å². The minimum absolute atomic E-state index is 0.539. The van der Waals surface area contributed by atoms with Gasteiger partial charge in [-0.15, -0.1) is 0 Å². The molecule has 6 heteroatoms. The molecule has 1 saturated carbocycles. The lowest BCUT2D eigenvalue weighted by molar-refractivity contribution is 0.0803. The highest BCUT2D eigenvalue weighted by molar-refractivity contribution is 8.86. The lowest BCUT2D eigenvalue weighted by atomic mass is 9.63. The maximum atomic E-state index is 2.54. The van der Waals surface area contributed by atoms with Gasteiger partial charge < -0.3 is 0 Å². The van der Waals surface area contributed by atoms with E-state index < -0.39 is 0 Å². The fourth-order valence-corrected chi connectivity index (χ4v) is 16.0. The molecule has 3 aliphatic heterocycles. The van der Waals surface area contributed by atoms with E-state index >= 15 is 0 Å². The molecule has 3 heterocycles. The van der Waals surface area contributed by atoms with Gasteiger partial charge in [0, 0.05) is 23.0 Å². The maximum absolute atomic E-state index is 2.54. The van der Waals surface area contributed by atoms with Crippen LogP contribution in [0.1, 0.15) is 26.7 Å². The molecule has 7 atom stereocenters. The fraction of sp³-hybridized carbons (Fsp3) is 1.00. The zero-order valence-corrected chi connectivity index (χ0v) is 17.6. The van der Waals surface area contributed by atoms with Crippen molar-refractivity contribution in [3.8, 4) is 0 Å². The standard InChI is InChI=1S/C15H24S6/c1-9-6-18-20-15-3-11(9)14-8-17-16-5-10(2)13(7-19-21-15)12(14)4-15/h9-14H,3-8H2,1-2H3. The fourth-order valence-electron chi connectivity index (χ4n) is 4.62. The molecule has 0 N–H and O–H groups in total. The van der Waals surface area contributed by atoms with Crippen molar-refractivity contribution in [1.29, 1.82) is 0 Å². The summed E-state index contributed by atoms with van der Waals surface area (Å²) in [6, 6.07) is 0. The molecule has 0 radical (unpaired) electrons. The van der Waals surface area contributed by atoms with Crippen molar-refractivity contribution >= 4 is 64.8 Å². The Morgan fingerprint density at radius 1 is 0.619 bits per heavy atom. The summed E-state index contributed by atoms with van der Waals surface area (Å²) in [5.41, 5.74) is 0. The van der Waals surface area contributed by atoms with Crippen molar-refractivity contribution < 1.29 is 0 Å². The van der Waals surface area contributed by atoms with E-state index in [1.54, 1.807) is 0 Å². The van der Waals surface area contributed by atoms with Gasteiger partial charge in [0.25, 0.3) is 0 Å². The summed E-state index contributed by atoms with van der Waals surface area (Å²) in [6.45, 7) is 5.08. The predicted molar refractivity (Wildman–Crippen MR) is 109 cm³/mol. The van der Waals surface area contributed by atoms with Crippen molar-refractivity contribution in [2.24, 2.45) is 35.5 Å². The minimum atomic E-state index is 0.539. The quantitative estimate of drug-likeness (QED) is 0.431. The van der Waals surface area contributed by atoms with Gasteiger partial charge in [-0.25, -0.2) is 0 Å². The molecule has 7 unspecified atom stereocenters. The number of rotatable bonds is 0. The van der Waals surface area contributed by atoms with Crippen LogP contribution in [0.5, 0.6) is 0 Å². The summed E-state index contributed by atoms with van der Waals surface area (Å²) >= 11 is 0. The Bertz CT molecular complexity index is 390. The van der Waals surface area contributed by atoms with Crippen molar-refractivity contribution in [3.63, 3.8) is 0 Å². The van der Waals surface area contributed by atoms with E-state index in [2.05, 4.69) is 78.6 Å². The average Bonchev–Trinajstić information content (AvgIpc) is 2.68. The normalized spacial score (nSPS) is 54.0. The van der Waals surface area contributed by atoms with Gasteiger partial charge in [-0.1, -0.05) is 78.6 Å². The first-order valence-electron chi connectivity index (χ1n) is 8.04. The third kappa shape index (κ3) is 3.17. The van der Waals surface area contributed by atoms with Crippen LogP contribution in [0.15, 0.2) is 0 Å². The Kier molecular flexibility index (Phi) is 5.35. The highest BCUT2D eigenvalue weighted by Gasteiger charge is 2.54. The Hall–Kier alpha value is 2.10. The van der Waals surface area contributed by atoms with Crippen LogP contribution in [0.2, 0.25) is 0 Å². The van der Waals surface area contributed by atoms with Crippen molar-refractivity contribution in [2.45, 2.75) is 30.8 Å². The largest absolute Gasteiger partial charge is 0.0939 e. The zero-order chi connectivity index (χ0) is 14.4. The van der Waals surface area contributed by atoms with E-state index in [0.717, 1.165) is 35.5 Å². The second kappa shape index (κ2) is 6.78. The second-order valence-corrected chi connectivity index (χ2v) is 15.5. The van der Waals surface area contributed by atoms with Crippen LogP contribution in [0.3, 0.4) is 0 Å². The summed E-state index contributed by atoms with van der Waals surface area (Å²) in [6.07, 6.45) is 2.98. The molecule has 0 aromatic rings. The molecule has 21 heavy (non-hydrogen) atoms. The van der Waals surface area contributed by atoms with E-state index in [1.807, 2.05) is 0 Å². The summed E-state index contributed by atoms with van der Waals surface area (Å²) in [5.74, 6) is 11.4. The highest BCUT2D eigenvalue weighted by atomic mass is 33.1. The van der Waals surface area contributed by atoms with Gasteiger partial charge in [-0.3, -0.25) is 0 Å². The number of hydrogen-bond acceptors (Lipinski definition) is 6. The molecule has 4 aliphatic rings. The first-order chi connectivity index (χ1) is 10.2. The molecule has 0 aromatic heterocycles. The number of fused-ring (bicyclic) bond motifs is 2. The zero-order valence-electron chi connectivity index (χ0n) is 12.7. The molecule has 0 aromatic carbocycles. The molecule has 1 spiro atoms. The molecule has 4 fully saturated rings. The van der Waals surface area contributed by atoms with Gasteiger partial charge in [0.05, 0.1) is 4.08 Å². The van der Waals surface area contributed by atoms with Crippen LogP contribution in [0.4, 0.5) is 0 Å². The van der Waals surface area contributed by atoms with Gasteiger partial charge >= 0.3 is 0 Å². The molecule has 120 valence electrons. The van der Waals surface area contributed by atoms with E-state index in [4.69, 9.17) is 0 Å². The molecule has 3 bridgehead atoms.